The Labute approximate surface area is 219 Å². The summed E-state index contributed by atoms with van der Waals surface area (Å²) in [7, 11) is 5.60. The third-order valence-electron chi connectivity index (χ3n) is 6.12. The van der Waals surface area contributed by atoms with E-state index in [0.29, 0.717) is 43.2 Å². The van der Waals surface area contributed by atoms with E-state index >= 15 is 0 Å². The van der Waals surface area contributed by atoms with Crippen LogP contribution in [0.4, 0.5) is 5.69 Å². The molecule has 0 saturated heterocycles. The van der Waals surface area contributed by atoms with Gasteiger partial charge in [0, 0.05) is 56.7 Å². The summed E-state index contributed by atoms with van der Waals surface area (Å²) in [4.78, 5) is 21.9. The second-order valence-electron chi connectivity index (χ2n) is 9.00. The number of ether oxygens (including phenoxy) is 2. The molecule has 0 fully saturated rings. The lowest BCUT2D eigenvalue weighted by molar-refractivity contribution is 0.0744. The molecule has 1 heterocycles. The minimum Gasteiger partial charge on any atom is -0.493 e. The molecule has 6 nitrogen and oxygen atoms in total. The van der Waals surface area contributed by atoms with E-state index in [2.05, 4.69) is 4.98 Å². The zero-order valence-corrected chi connectivity index (χ0v) is 21.6. The number of rotatable bonds is 11. The molecule has 0 aliphatic heterocycles. The summed E-state index contributed by atoms with van der Waals surface area (Å²) in [5.41, 5.74) is 4.70. The Morgan fingerprint density at radius 2 is 1.59 bits per heavy atom. The van der Waals surface area contributed by atoms with E-state index in [0.717, 1.165) is 22.5 Å². The molecule has 0 spiro atoms. The van der Waals surface area contributed by atoms with Crippen molar-refractivity contribution in [2.45, 2.75) is 19.6 Å². The van der Waals surface area contributed by atoms with Crippen LogP contribution in [0.3, 0.4) is 0 Å². The summed E-state index contributed by atoms with van der Waals surface area (Å²) in [6.07, 6.45) is 2.44. The van der Waals surface area contributed by atoms with Crippen LogP contribution in [-0.4, -0.2) is 43.5 Å². The predicted octanol–water partition coefficient (Wildman–Crippen LogP) is 5.62. The number of aromatic nitrogens is 1. The van der Waals surface area contributed by atoms with E-state index < -0.39 is 0 Å². The van der Waals surface area contributed by atoms with Gasteiger partial charge in [0.2, 0.25) is 0 Å². The number of hydrogen-bond acceptors (Lipinski definition) is 5. The topological polar surface area (TPSA) is 54.9 Å². The standard InChI is InChI=1S/C31H33N3O3/c1-33(2)28-15-13-26(14-16-28)31(35)34(20-18-27-11-7-8-19-32-27)22-25-12-17-29(30(21-25)36-3)37-23-24-9-5-4-6-10-24/h4-17,19,21H,18,20,22-23H2,1-3H3. The molecule has 0 unspecified atom stereocenters. The zero-order chi connectivity index (χ0) is 26.0. The van der Waals surface area contributed by atoms with Gasteiger partial charge in [-0.15, -0.1) is 0 Å². The van der Waals surface area contributed by atoms with Crippen molar-refractivity contribution < 1.29 is 14.3 Å². The van der Waals surface area contributed by atoms with Crippen LogP contribution in [0.15, 0.2) is 97.2 Å². The molecule has 190 valence electrons. The summed E-state index contributed by atoms with van der Waals surface area (Å²) in [6.45, 7) is 1.43. The van der Waals surface area contributed by atoms with E-state index in [1.807, 2.05) is 115 Å². The first-order valence-electron chi connectivity index (χ1n) is 12.3. The van der Waals surface area contributed by atoms with Crippen molar-refractivity contribution in [2.75, 3.05) is 32.6 Å². The average molecular weight is 496 g/mol. The smallest absolute Gasteiger partial charge is 0.254 e. The third-order valence-corrected chi connectivity index (χ3v) is 6.12. The molecule has 3 aromatic carbocycles. The maximum absolute atomic E-state index is 13.6. The molecule has 4 rings (SSSR count). The maximum atomic E-state index is 13.6. The number of methoxy groups -OCH3 is 1. The van der Waals surface area contributed by atoms with Gasteiger partial charge >= 0.3 is 0 Å². The fourth-order valence-electron chi connectivity index (χ4n) is 4.02. The van der Waals surface area contributed by atoms with Crippen molar-refractivity contribution in [1.29, 1.82) is 0 Å². The highest BCUT2D eigenvalue weighted by Gasteiger charge is 2.18. The maximum Gasteiger partial charge on any atom is 0.254 e. The van der Waals surface area contributed by atoms with E-state index in [-0.39, 0.29) is 5.91 Å². The van der Waals surface area contributed by atoms with Gasteiger partial charge in [-0.25, -0.2) is 0 Å². The van der Waals surface area contributed by atoms with Crippen molar-refractivity contribution in [3.05, 3.63) is 120 Å². The molecule has 37 heavy (non-hydrogen) atoms. The summed E-state index contributed by atoms with van der Waals surface area (Å²) < 4.78 is 11.6. The van der Waals surface area contributed by atoms with Gasteiger partial charge in [0.05, 0.1) is 7.11 Å². The van der Waals surface area contributed by atoms with Gasteiger partial charge in [0.25, 0.3) is 5.91 Å². The predicted molar refractivity (Wildman–Crippen MR) is 147 cm³/mol. The second kappa shape index (κ2) is 12.6. The van der Waals surface area contributed by atoms with E-state index in [1.165, 1.54) is 0 Å². The molecule has 0 N–H and O–H groups in total. The molecule has 1 aromatic heterocycles. The lowest BCUT2D eigenvalue weighted by atomic mass is 10.1. The number of carbonyl (C=O) groups is 1. The molecule has 0 saturated carbocycles. The molecular formula is C31H33N3O3. The van der Waals surface area contributed by atoms with Crippen molar-refractivity contribution in [2.24, 2.45) is 0 Å². The van der Waals surface area contributed by atoms with Gasteiger partial charge in [-0.2, -0.15) is 0 Å². The quantitative estimate of drug-likeness (QED) is 0.270. The number of hydrogen-bond donors (Lipinski definition) is 0. The van der Waals surface area contributed by atoms with Crippen molar-refractivity contribution in [3.8, 4) is 11.5 Å². The van der Waals surface area contributed by atoms with Gasteiger partial charge < -0.3 is 19.3 Å². The van der Waals surface area contributed by atoms with E-state index in [4.69, 9.17) is 9.47 Å². The number of amides is 1. The number of pyridine rings is 1. The minimum atomic E-state index is -0.0235. The molecule has 0 radical (unpaired) electrons. The summed E-state index contributed by atoms with van der Waals surface area (Å²) in [6, 6.07) is 29.4. The second-order valence-corrected chi connectivity index (χ2v) is 9.00. The lowest BCUT2D eigenvalue weighted by Gasteiger charge is -2.24. The zero-order valence-electron chi connectivity index (χ0n) is 21.6. The number of anilines is 1. The van der Waals surface area contributed by atoms with Gasteiger partial charge in [-0.05, 0) is 59.7 Å². The van der Waals surface area contributed by atoms with Crippen LogP contribution in [0, 0.1) is 0 Å². The first kappa shape index (κ1) is 25.8. The van der Waals surface area contributed by atoms with E-state index in [9.17, 15) is 4.79 Å². The van der Waals surface area contributed by atoms with Crippen LogP contribution in [0.25, 0.3) is 0 Å². The van der Waals surface area contributed by atoms with Crippen LogP contribution >= 0.6 is 0 Å². The molecule has 0 aliphatic rings. The normalized spacial score (nSPS) is 10.6. The van der Waals surface area contributed by atoms with Gasteiger partial charge in [-0.1, -0.05) is 42.5 Å². The van der Waals surface area contributed by atoms with Crippen molar-refractivity contribution >= 4 is 11.6 Å². The van der Waals surface area contributed by atoms with Crippen LogP contribution < -0.4 is 14.4 Å². The van der Waals surface area contributed by atoms with Crippen molar-refractivity contribution in [3.63, 3.8) is 0 Å². The van der Waals surface area contributed by atoms with Crippen molar-refractivity contribution in [1.82, 2.24) is 9.88 Å². The van der Waals surface area contributed by atoms with Crippen LogP contribution in [0.1, 0.15) is 27.2 Å². The SMILES string of the molecule is COc1cc(CN(CCc2ccccn2)C(=O)c2ccc(N(C)C)cc2)ccc1OCc1ccccc1. The molecule has 6 heteroatoms. The first-order valence-corrected chi connectivity index (χ1v) is 12.3. The fraction of sp³-hybridized carbons (Fsp3) is 0.226. The summed E-state index contributed by atoms with van der Waals surface area (Å²) >= 11 is 0. The number of nitrogens with zero attached hydrogens (tertiary/aromatic N) is 3. The van der Waals surface area contributed by atoms with Gasteiger partial charge in [-0.3, -0.25) is 9.78 Å². The fourth-order valence-corrected chi connectivity index (χ4v) is 4.02. The Bertz CT molecular complexity index is 1280. The molecule has 0 bridgehead atoms. The van der Waals surface area contributed by atoms with Crippen LogP contribution in [0.2, 0.25) is 0 Å². The Morgan fingerprint density at radius 1 is 0.838 bits per heavy atom. The Kier molecular flexibility index (Phi) is 8.76. The average Bonchev–Trinajstić information content (AvgIpc) is 2.95. The molecule has 0 aliphatic carbocycles. The van der Waals surface area contributed by atoms with E-state index in [1.54, 1.807) is 13.3 Å². The summed E-state index contributed by atoms with van der Waals surface area (Å²) in [5, 5.41) is 0. The highest BCUT2D eigenvalue weighted by atomic mass is 16.5. The Morgan fingerprint density at radius 3 is 2.27 bits per heavy atom. The molecule has 4 aromatic rings. The molecule has 0 atom stereocenters. The van der Waals surface area contributed by atoms with Crippen LogP contribution in [-0.2, 0) is 19.6 Å². The Balaban J connectivity index is 1.52. The highest BCUT2D eigenvalue weighted by molar-refractivity contribution is 5.94. The molecular weight excluding hydrogens is 462 g/mol. The first-order chi connectivity index (χ1) is 18.0. The Hall–Kier alpha value is -4.32. The lowest BCUT2D eigenvalue weighted by Crippen LogP contribution is -2.32. The van der Waals surface area contributed by atoms with Gasteiger partial charge in [0.15, 0.2) is 11.5 Å². The monoisotopic (exact) mass is 495 g/mol. The van der Waals surface area contributed by atoms with Gasteiger partial charge in [0.1, 0.15) is 6.61 Å². The largest absolute Gasteiger partial charge is 0.493 e. The number of benzene rings is 3. The van der Waals surface area contributed by atoms with Crippen LogP contribution in [0.5, 0.6) is 11.5 Å². The highest BCUT2D eigenvalue weighted by Crippen LogP contribution is 2.29. The minimum absolute atomic E-state index is 0.0235. The molecule has 1 amide bonds. The third kappa shape index (κ3) is 7.10. The summed E-state index contributed by atoms with van der Waals surface area (Å²) in [5.74, 6) is 1.28. The number of carbonyl (C=O) groups excluding carboxylic acids is 1.